The molecule has 0 unspecified atom stereocenters. The summed E-state index contributed by atoms with van der Waals surface area (Å²) in [6, 6.07) is 5.33. The molecule has 6 nitrogen and oxygen atoms in total. The number of halogens is 4. The van der Waals surface area contributed by atoms with E-state index in [2.05, 4.69) is 10.4 Å². The zero-order valence-corrected chi connectivity index (χ0v) is 16.8. The molecule has 2 amide bonds. The zero-order valence-electron chi connectivity index (χ0n) is 16.0. The van der Waals surface area contributed by atoms with E-state index in [9.17, 15) is 23.2 Å². The Bertz CT molecular complexity index is 1090. The van der Waals surface area contributed by atoms with Crippen molar-refractivity contribution in [2.45, 2.75) is 26.4 Å². The summed E-state index contributed by atoms with van der Waals surface area (Å²) >= 11 is 5.96. The van der Waals surface area contributed by atoms with Crippen LogP contribution < -0.4 is 5.32 Å². The molecule has 0 fully saturated rings. The van der Waals surface area contributed by atoms with Gasteiger partial charge in [0.2, 0.25) is 0 Å². The van der Waals surface area contributed by atoms with Crippen molar-refractivity contribution in [1.29, 1.82) is 0 Å². The van der Waals surface area contributed by atoms with Crippen molar-refractivity contribution < 1.29 is 23.2 Å². The molecule has 1 heterocycles. The summed E-state index contributed by atoms with van der Waals surface area (Å²) in [6.07, 6.45) is 1.91. The number of nitrogens with zero attached hydrogens (tertiary/aromatic N) is 3. The first-order chi connectivity index (χ1) is 14.2. The number of nitrogens with one attached hydrogen (secondary N) is 1. The number of hydrogen-bond acceptors (Lipinski definition) is 3. The second-order valence-corrected chi connectivity index (χ2v) is 7.23. The third-order valence-corrected chi connectivity index (χ3v) is 4.52. The van der Waals surface area contributed by atoms with E-state index in [1.165, 1.54) is 18.2 Å². The van der Waals surface area contributed by atoms with Crippen LogP contribution in [0.15, 0.2) is 42.7 Å². The fraction of sp³-hybridized carbons (Fsp3) is 0.200. The topological polar surface area (TPSA) is 70.4 Å². The Balaban J connectivity index is 1.93. The van der Waals surface area contributed by atoms with Gasteiger partial charge in [-0.3, -0.25) is 5.21 Å². The van der Waals surface area contributed by atoms with Crippen LogP contribution in [0.2, 0.25) is 5.02 Å². The maximum atomic E-state index is 14.6. The van der Waals surface area contributed by atoms with E-state index in [1.807, 2.05) is 0 Å². The molecule has 3 rings (SSSR count). The van der Waals surface area contributed by atoms with Gasteiger partial charge in [-0.2, -0.15) is 5.10 Å². The molecule has 1 aromatic heterocycles. The molecule has 0 bridgehead atoms. The van der Waals surface area contributed by atoms with Gasteiger partial charge in [0, 0.05) is 22.7 Å². The molecule has 0 radical (unpaired) electrons. The lowest BCUT2D eigenvalue weighted by Gasteiger charge is -2.19. The molecule has 10 heteroatoms. The molecule has 0 aliphatic carbocycles. The SMILES string of the molecule is CC(C)N(O)C(=O)NCc1ccc(-c2cc(Cl)cc(F)c2-n2cc(F)cn2)cc1F. The number of carbonyl (C=O) groups is 1. The van der Waals surface area contributed by atoms with Gasteiger partial charge < -0.3 is 5.32 Å². The predicted octanol–water partition coefficient (Wildman–Crippen LogP) is 4.92. The summed E-state index contributed by atoms with van der Waals surface area (Å²) in [4.78, 5) is 11.8. The fourth-order valence-electron chi connectivity index (χ4n) is 2.79. The van der Waals surface area contributed by atoms with Crippen LogP contribution >= 0.6 is 11.6 Å². The number of urea groups is 1. The van der Waals surface area contributed by atoms with Crippen LogP contribution in [0.25, 0.3) is 16.8 Å². The number of hydroxylamine groups is 2. The molecule has 0 aliphatic rings. The van der Waals surface area contributed by atoms with Gasteiger partial charge in [-0.1, -0.05) is 23.7 Å². The van der Waals surface area contributed by atoms with Gasteiger partial charge in [0.15, 0.2) is 11.6 Å². The molecule has 0 atom stereocenters. The molecule has 2 N–H and O–H groups in total. The third-order valence-electron chi connectivity index (χ3n) is 4.30. The van der Waals surface area contributed by atoms with Gasteiger partial charge in [0.1, 0.15) is 11.5 Å². The van der Waals surface area contributed by atoms with E-state index in [-0.39, 0.29) is 33.9 Å². The summed E-state index contributed by atoms with van der Waals surface area (Å²) in [5, 5.41) is 16.3. The second kappa shape index (κ2) is 8.76. The van der Waals surface area contributed by atoms with Crippen molar-refractivity contribution in [1.82, 2.24) is 20.2 Å². The minimum atomic E-state index is -0.770. The molecule has 2 aromatic carbocycles. The van der Waals surface area contributed by atoms with E-state index in [0.717, 1.165) is 29.2 Å². The Hall–Kier alpha value is -3.04. The van der Waals surface area contributed by atoms with Gasteiger partial charge in [0.25, 0.3) is 0 Å². The van der Waals surface area contributed by atoms with Crippen LogP contribution in [-0.4, -0.2) is 32.1 Å². The molecule has 0 saturated heterocycles. The Morgan fingerprint density at radius 1 is 1.23 bits per heavy atom. The summed E-state index contributed by atoms with van der Waals surface area (Å²) in [5.74, 6) is -2.08. The molecule has 3 aromatic rings. The Kier molecular flexibility index (Phi) is 6.33. The van der Waals surface area contributed by atoms with Crippen LogP contribution in [-0.2, 0) is 6.54 Å². The number of amides is 2. The first-order valence-electron chi connectivity index (χ1n) is 8.91. The van der Waals surface area contributed by atoms with E-state index in [1.54, 1.807) is 13.8 Å². The largest absolute Gasteiger partial charge is 0.341 e. The average Bonchev–Trinajstić information content (AvgIpc) is 3.11. The van der Waals surface area contributed by atoms with Gasteiger partial charge >= 0.3 is 6.03 Å². The maximum absolute atomic E-state index is 14.6. The zero-order chi connectivity index (χ0) is 22.0. The monoisotopic (exact) mass is 438 g/mol. The molecule has 30 heavy (non-hydrogen) atoms. The van der Waals surface area contributed by atoms with E-state index in [0.29, 0.717) is 5.06 Å². The lowest BCUT2D eigenvalue weighted by Crippen LogP contribution is -2.41. The van der Waals surface area contributed by atoms with Crippen molar-refractivity contribution in [2.75, 3.05) is 0 Å². The highest BCUT2D eigenvalue weighted by Gasteiger charge is 2.18. The minimum Gasteiger partial charge on any atom is -0.332 e. The first-order valence-corrected chi connectivity index (χ1v) is 9.29. The van der Waals surface area contributed by atoms with Crippen LogP contribution in [0, 0.1) is 17.5 Å². The third kappa shape index (κ3) is 4.58. The molecule has 0 saturated carbocycles. The van der Waals surface area contributed by atoms with Crippen LogP contribution in [0.5, 0.6) is 0 Å². The van der Waals surface area contributed by atoms with Crippen LogP contribution in [0.1, 0.15) is 19.4 Å². The standard InChI is InChI=1S/C20H18ClF3N4O2/c1-11(2)28(30)20(29)25-8-13-4-3-12(5-17(13)23)16-6-14(21)7-18(24)19(16)27-10-15(22)9-26-27/h3-7,9-11,30H,8H2,1-2H3,(H,25,29). The summed E-state index contributed by atoms with van der Waals surface area (Å²) in [7, 11) is 0. The van der Waals surface area contributed by atoms with E-state index < -0.39 is 29.5 Å². The molecule has 0 spiro atoms. The Labute approximate surface area is 175 Å². The van der Waals surface area contributed by atoms with Gasteiger partial charge in [-0.15, -0.1) is 0 Å². The van der Waals surface area contributed by atoms with Crippen molar-refractivity contribution in [3.05, 3.63) is 70.8 Å². The molecular formula is C20H18ClF3N4O2. The normalized spacial score (nSPS) is 11.1. The summed E-state index contributed by atoms with van der Waals surface area (Å²) in [6.45, 7) is 3.06. The molecule has 0 aliphatic heterocycles. The molecular weight excluding hydrogens is 421 g/mol. The Morgan fingerprint density at radius 2 is 1.97 bits per heavy atom. The quantitative estimate of drug-likeness (QED) is 0.439. The van der Waals surface area contributed by atoms with Gasteiger partial charge in [0.05, 0.1) is 18.4 Å². The highest BCUT2D eigenvalue weighted by molar-refractivity contribution is 6.31. The summed E-state index contributed by atoms with van der Waals surface area (Å²) < 4.78 is 43.6. The van der Waals surface area contributed by atoms with Crippen molar-refractivity contribution in [2.24, 2.45) is 0 Å². The highest BCUT2D eigenvalue weighted by atomic mass is 35.5. The van der Waals surface area contributed by atoms with Crippen molar-refractivity contribution in [3.63, 3.8) is 0 Å². The number of hydrogen-bond donors (Lipinski definition) is 2. The molecule has 158 valence electrons. The highest BCUT2D eigenvalue weighted by Crippen LogP contribution is 2.33. The van der Waals surface area contributed by atoms with Crippen molar-refractivity contribution >= 4 is 17.6 Å². The minimum absolute atomic E-state index is 0.0762. The van der Waals surface area contributed by atoms with Gasteiger partial charge in [-0.25, -0.2) is 27.7 Å². The maximum Gasteiger partial charge on any atom is 0.341 e. The fourth-order valence-corrected chi connectivity index (χ4v) is 2.99. The lowest BCUT2D eigenvalue weighted by molar-refractivity contribution is -0.0678. The predicted molar refractivity (Wildman–Crippen MR) is 105 cm³/mol. The van der Waals surface area contributed by atoms with Gasteiger partial charge in [-0.05, 0) is 37.6 Å². The van der Waals surface area contributed by atoms with Crippen molar-refractivity contribution in [3.8, 4) is 16.8 Å². The number of benzene rings is 2. The smallest absolute Gasteiger partial charge is 0.332 e. The number of carbonyl (C=O) groups excluding carboxylic acids is 1. The average molecular weight is 439 g/mol. The lowest BCUT2D eigenvalue weighted by atomic mass is 10.0. The van der Waals surface area contributed by atoms with E-state index in [4.69, 9.17) is 11.6 Å². The van der Waals surface area contributed by atoms with E-state index >= 15 is 0 Å². The first kappa shape index (κ1) is 21.7. The number of aromatic nitrogens is 2. The van der Waals surface area contributed by atoms with Crippen LogP contribution in [0.3, 0.4) is 0 Å². The Morgan fingerprint density at radius 3 is 2.57 bits per heavy atom. The van der Waals surface area contributed by atoms with Crippen LogP contribution in [0.4, 0.5) is 18.0 Å². The number of rotatable bonds is 5. The summed E-state index contributed by atoms with van der Waals surface area (Å²) in [5.41, 5.74) is 0.551. The second-order valence-electron chi connectivity index (χ2n) is 6.79.